The average molecular weight is 269 g/mol. The average Bonchev–Trinajstić information content (AvgIpc) is 2.13. The molecule has 0 saturated heterocycles. The smallest absolute Gasteiger partial charge is 0.405 e. The van der Waals surface area contributed by atoms with E-state index in [-0.39, 0.29) is 0 Å². The number of ether oxygens (including phenoxy) is 1. The fourth-order valence-corrected chi connectivity index (χ4v) is 1.34. The van der Waals surface area contributed by atoms with E-state index in [1.165, 1.54) is 6.07 Å². The first-order chi connectivity index (χ1) is 8.15. The topological polar surface area (TPSA) is 33.0 Å². The van der Waals surface area contributed by atoms with E-state index in [4.69, 9.17) is 5.26 Å². The number of nitriles is 1. The lowest BCUT2D eigenvalue weighted by molar-refractivity contribution is -0.276. The summed E-state index contributed by atoms with van der Waals surface area (Å²) in [6, 6.07) is 3.89. The maximum atomic E-state index is 12.7. The molecule has 0 bridgehead atoms. The van der Waals surface area contributed by atoms with Crippen LogP contribution in [0.1, 0.15) is 11.1 Å². The number of hydrogen-bond donors (Lipinski definition) is 0. The lowest BCUT2D eigenvalue weighted by atomic mass is 10.0. The summed E-state index contributed by atoms with van der Waals surface area (Å²) in [6.07, 6.45) is -10.9. The molecular formula is C10H5F6NO. The third kappa shape index (κ3) is 3.55. The third-order valence-corrected chi connectivity index (χ3v) is 1.89. The van der Waals surface area contributed by atoms with Crippen LogP contribution in [-0.4, -0.2) is 6.36 Å². The molecule has 8 heteroatoms. The van der Waals surface area contributed by atoms with Crippen LogP contribution in [0.5, 0.6) is 5.75 Å². The van der Waals surface area contributed by atoms with E-state index in [0.717, 1.165) is 12.1 Å². The molecule has 0 aliphatic carbocycles. The van der Waals surface area contributed by atoms with Gasteiger partial charge in [0.1, 0.15) is 11.3 Å². The monoisotopic (exact) mass is 269 g/mol. The summed E-state index contributed by atoms with van der Waals surface area (Å²) >= 11 is 0. The van der Waals surface area contributed by atoms with E-state index in [9.17, 15) is 26.3 Å². The molecule has 0 unspecified atom stereocenters. The number of hydrogen-bond acceptors (Lipinski definition) is 2. The second-order valence-electron chi connectivity index (χ2n) is 3.17. The lowest BCUT2D eigenvalue weighted by Gasteiger charge is -2.17. The van der Waals surface area contributed by atoms with E-state index in [1.807, 2.05) is 0 Å². The number of benzene rings is 1. The van der Waals surface area contributed by atoms with Crippen molar-refractivity contribution in [2.75, 3.05) is 0 Å². The Hall–Kier alpha value is -1.91. The van der Waals surface area contributed by atoms with Crippen molar-refractivity contribution < 1.29 is 31.1 Å². The zero-order chi connectivity index (χ0) is 14.0. The molecule has 0 aromatic heterocycles. The van der Waals surface area contributed by atoms with Crippen LogP contribution in [0.4, 0.5) is 26.3 Å². The molecule has 0 fully saturated rings. The van der Waals surface area contributed by atoms with Crippen molar-refractivity contribution in [2.45, 2.75) is 19.0 Å². The Kier molecular flexibility index (Phi) is 3.74. The SMILES string of the molecule is N#CCc1cccc(OC(F)(F)F)c1C(F)(F)F. The van der Waals surface area contributed by atoms with Crippen molar-refractivity contribution in [1.29, 1.82) is 5.26 Å². The first-order valence-corrected chi connectivity index (χ1v) is 4.47. The van der Waals surface area contributed by atoms with Gasteiger partial charge in [0.15, 0.2) is 0 Å². The van der Waals surface area contributed by atoms with Crippen LogP contribution in [0.15, 0.2) is 18.2 Å². The molecule has 1 aromatic rings. The van der Waals surface area contributed by atoms with Crippen LogP contribution in [0.3, 0.4) is 0 Å². The summed E-state index contributed by atoms with van der Waals surface area (Å²) < 4.78 is 77.2. The van der Waals surface area contributed by atoms with E-state index in [2.05, 4.69) is 4.74 Å². The van der Waals surface area contributed by atoms with Gasteiger partial charge in [0.05, 0.1) is 12.5 Å². The summed E-state index contributed by atoms with van der Waals surface area (Å²) in [6.45, 7) is 0. The van der Waals surface area contributed by atoms with Crippen LogP contribution >= 0.6 is 0 Å². The molecule has 1 rings (SSSR count). The summed E-state index contributed by atoms with van der Waals surface area (Å²) in [5.74, 6) is -1.36. The predicted molar refractivity (Wildman–Crippen MR) is 47.4 cm³/mol. The Balaban J connectivity index is 3.34. The van der Waals surface area contributed by atoms with Crippen LogP contribution < -0.4 is 4.74 Å². The Morgan fingerprint density at radius 3 is 2.17 bits per heavy atom. The molecule has 0 atom stereocenters. The Bertz CT molecular complexity index is 471. The molecule has 0 radical (unpaired) electrons. The molecule has 0 heterocycles. The Morgan fingerprint density at radius 2 is 1.72 bits per heavy atom. The predicted octanol–water partition coefficient (Wildman–Crippen LogP) is 3.67. The number of alkyl halides is 6. The van der Waals surface area contributed by atoms with Crippen LogP contribution in [0.2, 0.25) is 0 Å². The normalized spacial score (nSPS) is 12.1. The number of halogens is 6. The molecule has 0 N–H and O–H groups in total. The maximum absolute atomic E-state index is 12.7. The van der Waals surface area contributed by atoms with Crippen molar-refractivity contribution in [3.05, 3.63) is 29.3 Å². The van der Waals surface area contributed by atoms with Gasteiger partial charge in [0.25, 0.3) is 0 Å². The summed E-state index contributed by atoms with van der Waals surface area (Å²) in [5.41, 5.74) is -2.14. The molecular weight excluding hydrogens is 264 g/mol. The highest BCUT2D eigenvalue weighted by atomic mass is 19.4. The van der Waals surface area contributed by atoms with E-state index >= 15 is 0 Å². The zero-order valence-electron chi connectivity index (χ0n) is 8.56. The summed E-state index contributed by atoms with van der Waals surface area (Å²) in [7, 11) is 0. The van der Waals surface area contributed by atoms with E-state index in [0.29, 0.717) is 6.07 Å². The number of nitrogens with zero attached hydrogens (tertiary/aromatic N) is 1. The molecule has 0 saturated carbocycles. The standard InChI is InChI=1S/C10H5F6NO/c11-9(12,13)8-6(4-5-17)2-1-3-7(8)18-10(14,15)16/h1-3H,4H2. The third-order valence-electron chi connectivity index (χ3n) is 1.89. The van der Waals surface area contributed by atoms with Gasteiger partial charge in [-0.2, -0.15) is 18.4 Å². The van der Waals surface area contributed by atoms with Crippen molar-refractivity contribution in [3.63, 3.8) is 0 Å². The highest BCUT2D eigenvalue weighted by Gasteiger charge is 2.40. The van der Waals surface area contributed by atoms with Gasteiger partial charge in [0.2, 0.25) is 0 Å². The van der Waals surface area contributed by atoms with Crippen molar-refractivity contribution in [3.8, 4) is 11.8 Å². The number of rotatable bonds is 2. The first-order valence-electron chi connectivity index (χ1n) is 4.47. The van der Waals surface area contributed by atoms with Gasteiger partial charge >= 0.3 is 12.5 Å². The molecule has 2 nitrogen and oxygen atoms in total. The van der Waals surface area contributed by atoms with Crippen molar-refractivity contribution in [2.24, 2.45) is 0 Å². The van der Waals surface area contributed by atoms with Crippen LogP contribution in [-0.2, 0) is 12.6 Å². The van der Waals surface area contributed by atoms with Crippen LogP contribution in [0.25, 0.3) is 0 Å². The lowest BCUT2D eigenvalue weighted by Crippen LogP contribution is -2.21. The largest absolute Gasteiger partial charge is 0.573 e. The Labute approximate surface area is 97.4 Å². The minimum absolute atomic E-state index is 0.553. The first kappa shape index (κ1) is 14.2. The molecule has 0 amide bonds. The van der Waals surface area contributed by atoms with Crippen molar-refractivity contribution >= 4 is 0 Å². The second-order valence-corrected chi connectivity index (χ2v) is 3.17. The van der Waals surface area contributed by atoms with Gasteiger partial charge in [-0.3, -0.25) is 0 Å². The van der Waals surface area contributed by atoms with E-state index in [1.54, 1.807) is 0 Å². The quantitative estimate of drug-likeness (QED) is 0.767. The fraction of sp³-hybridized carbons (Fsp3) is 0.300. The van der Waals surface area contributed by atoms with Gasteiger partial charge in [-0.05, 0) is 11.6 Å². The summed E-state index contributed by atoms with van der Waals surface area (Å²) in [5, 5.41) is 8.35. The van der Waals surface area contributed by atoms with Gasteiger partial charge in [-0.25, -0.2) is 0 Å². The molecule has 0 spiro atoms. The van der Waals surface area contributed by atoms with E-state index < -0.39 is 35.8 Å². The highest BCUT2D eigenvalue weighted by molar-refractivity contribution is 5.43. The fourth-order valence-electron chi connectivity index (χ4n) is 1.34. The van der Waals surface area contributed by atoms with Crippen LogP contribution in [0, 0.1) is 11.3 Å². The van der Waals surface area contributed by atoms with Crippen molar-refractivity contribution in [1.82, 2.24) is 0 Å². The molecule has 0 aliphatic rings. The van der Waals surface area contributed by atoms with Gasteiger partial charge in [0, 0.05) is 0 Å². The Morgan fingerprint density at radius 1 is 1.11 bits per heavy atom. The van der Waals surface area contributed by atoms with Gasteiger partial charge < -0.3 is 4.74 Å². The highest BCUT2D eigenvalue weighted by Crippen LogP contribution is 2.40. The molecule has 1 aromatic carbocycles. The maximum Gasteiger partial charge on any atom is 0.573 e. The zero-order valence-corrected chi connectivity index (χ0v) is 8.56. The molecule has 18 heavy (non-hydrogen) atoms. The van der Waals surface area contributed by atoms with Gasteiger partial charge in [-0.15, -0.1) is 13.2 Å². The molecule has 0 aliphatic heterocycles. The van der Waals surface area contributed by atoms with Gasteiger partial charge in [-0.1, -0.05) is 12.1 Å². The minimum atomic E-state index is -5.23. The minimum Gasteiger partial charge on any atom is -0.405 e. The molecule has 98 valence electrons. The second kappa shape index (κ2) is 4.76. The summed E-state index contributed by atoms with van der Waals surface area (Å²) in [4.78, 5) is 0.